The lowest BCUT2D eigenvalue weighted by Crippen LogP contribution is -2.31. The number of nitrogens with one attached hydrogen (secondary N) is 1. The largest absolute Gasteiger partial charge is 0.508 e. The zero-order valence-electron chi connectivity index (χ0n) is 17.3. The fourth-order valence-corrected chi connectivity index (χ4v) is 3.82. The van der Waals surface area contributed by atoms with Crippen molar-refractivity contribution in [3.8, 4) is 11.4 Å². The number of halogens is 1. The number of nitrogens with zero attached hydrogens (tertiary/aromatic N) is 5. The van der Waals surface area contributed by atoms with Gasteiger partial charge >= 0.3 is 6.03 Å². The maximum atomic E-state index is 14.0. The van der Waals surface area contributed by atoms with Crippen molar-refractivity contribution in [3.05, 3.63) is 103 Å². The fraction of sp³-hybridized carbons (Fsp3) is 0.0833. The summed E-state index contributed by atoms with van der Waals surface area (Å²) in [5.74, 6) is -0.430. The number of para-hydroxylation sites is 1. The lowest BCUT2D eigenvalue weighted by Gasteiger charge is -2.23. The lowest BCUT2D eigenvalue weighted by molar-refractivity contribution is 0.199. The predicted octanol–water partition coefficient (Wildman–Crippen LogP) is 4.50. The highest BCUT2D eigenvalue weighted by atomic mass is 19.1. The number of amides is 2. The first-order valence-corrected chi connectivity index (χ1v) is 10.2. The number of anilines is 1. The number of carbonyl (C=O) groups is 1. The summed E-state index contributed by atoms with van der Waals surface area (Å²) >= 11 is 0. The number of rotatable bonds is 4. The number of pyridine rings is 1. The summed E-state index contributed by atoms with van der Waals surface area (Å²) in [7, 11) is 0. The van der Waals surface area contributed by atoms with Crippen LogP contribution in [0.5, 0.6) is 5.75 Å². The number of hydrogen-bond donors (Lipinski definition) is 2. The van der Waals surface area contributed by atoms with Gasteiger partial charge in [0.1, 0.15) is 11.6 Å². The van der Waals surface area contributed by atoms with E-state index in [4.69, 9.17) is 0 Å². The van der Waals surface area contributed by atoms with Crippen molar-refractivity contribution in [2.45, 2.75) is 12.5 Å². The first-order valence-electron chi connectivity index (χ1n) is 10.2. The Bertz CT molecular complexity index is 1320. The molecule has 164 valence electrons. The molecular weight excluding hydrogens is 423 g/mol. The van der Waals surface area contributed by atoms with Crippen LogP contribution >= 0.6 is 0 Å². The Hall–Kier alpha value is -4.53. The third-order valence-corrected chi connectivity index (χ3v) is 5.39. The second-order valence-electron chi connectivity index (χ2n) is 7.47. The highest BCUT2D eigenvalue weighted by molar-refractivity contribution is 6.04. The predicted molar refractivity (Wildman–Crippen MR) is 121 cm³/mol. The number of imidazole rings is 1. The molecule has 1 aliphatic heterocycles. The van der Waals surface area contributed by atoms with E-state index in [-0.39, 0.29) is 11.4 Å². The van der Waals surface area contributed by atoms with Crippen molar-refractivity contribution in [2.75, 3.05) is 5.32 Å². The van der Waals surface area contributed by atoms with Crippen LogP contribution in [0.1, 0.15) is 23.6 Å². The van der Waals surface area contributed by atoms with E-state index in [1.54, 1.807) is 72.1 Å². The molecule has 2 aromatic heterocycles. The Morgan fingerprint density at radius 2 is 1.97 bits per heavy atom. The number of aromatic nitrogens is 3. The first kappa shape index (κ1) is 20.4. The normalized spacial score (nSPS) is 15.4. The number of hydrazone groups is 1. The lowest BCUT2D eigenvalue weighted by atomic mass is 9.98. The number of phenolic OH excluding ortho intramolecular Hbond substituents is 1. The molecule has 4 aromatic rings. The Morgan fingerprint density at radius 1 is 1.09 bits per heavy atom. The van der Waals surface area contributed by atoms with Gasteiger partial charge in [-0.1, -0.05) is 24.3 Å². The Balaban J connectivity index is 1.51. The van der Waals surface area contributed by atoms with Crippen LogP contribution in [0.2, 0.25) is 0 Å². The molecule has 8 nitrogen and oxygen atoms in total. The minimum Gasteiger partial charge on any atom is -0.508 e. The Morgan fingerprint density at radius 3 is 2.73 bits per heavy atom. The van der Waals surface area contributed by atoms with Gasteiger partial charge in [-0.25, -0.2) is 19.2 Å². The van der Waals surface area contributed by atoms with Crippen LogP contribution in [0.3, 0.4) is 0 Å². The van der Waals surface area contributed by atoms with Crippen LogP contribution in [0.4, 0.5) is 14.9 Å². The number of carbonyl (C=O) groups excluding carboxylic acids is 1. The van der Waals surface area contributed by atoms with Crippen LogP contribution < -0.4 is 5.32 Å². The van der Waals surface area contributed by atoms with Crippen LogP contribution in [-0.2, 0) is 0 Å². The summed E-state index contributed by atoms with van der Waals surface area (Å²) in [5.41, 5.74) is 2.80. The van der Waals surface area contributed by atoms with E-state index in [0.29, 0.717) is 23.4 Å². The number of benzene rings is 2. The van der Waals surface area contributed by atoms with Gasteiger partial charge in [0.15, 0.2) is 0 Å². The average molecular weight is 442 g/mol. The maximum Gasteiger partial charge on any atom is 0.342 e. The highest BCUT2D eigenvalue weighted by Crippen LogP contribution is 2.37. The molecule has 0 bridgehead atoms. The van der Waals surface area contributed by atoms with Gasteiger partial charge in [-0.3, -0.25) is 4.98 Å². The summed E-state index contributed by atoms with van der Waals surface area (Å²) in [4.78, 5) is 21.5. The van der Waals surface area contributed by atoms with Gasteiger partial charge < -0.3 is 15.0 Å². The fourth-order valence-electron chi connectivity index (χ4n) is 3.82. The molecule has 33 heavy (non-hydrogen) atoms. The zero-order chi connectivity index (χ0) is 22.8. The Kier molecular flexibility index (Phi) is 5.27. The number of hydrogen-bond acceptors (Lipinski definition) is 5. The molecule has 0 fully saturated rings. The van der Waals surface area contributed by atoms with E-state index >= 15 is 0 Å². The molecule has 9 heteroatoms. The van der Waals surface area contributed by atoms with Crippen LogP contribution in [0.15, 0.2) is 90.8 Å². The van der Waals surface area contributed by atoms with Crippen molar-refractivity contribution < 1.29 is 14.3 Å². The van der Waals surface area contributed by atoms with Crippen molar-refractivity contribution in [2.24, 2.45) is 5.10 Å². The molecule has 1 aliphatic rings. The maximum absolute atomic E-state index is 14.0. The quantitative estimate of drug-likeness (QED) is 0.487. The van der Waals surface area contributed by atoms with Gasteiger partial charge in [-0.15, -0.1) is 0 Å². The van der Waals surface area contributed by atoms with E-state index in [1.165, 1.54) is 17.1 Å². The van der Waals surface area contributed by atoms with E-state index in [0.717, 1.165) is 5.56 Å². The molecule has 0 saturated carbocycles. The molecule has 2 amide bonds. The molecule has 1 unspecified atom stereocenters. The minimum atomic E-state index is -0.561. The Labute approximate surface area is 188 Å². The second kappa shape index (κ2) is 8.54. The van der Waals surface area contributed by atoms with Crippen LogP contribution in [0.25, 0.3) is 5.69 Å². The van der Waals surface area contributed by atoms with Gasteiger partial charge in [0.05, 0.1) is 29.5 Å². The monoisotopic (exact) mass is 442 g/mol. The summed E-state index contributed by atoms with van der Waals surface area (Å²) in [6, 6.07) is 13.5. The van der Waals surface area contributed by atoms with E-state index < -0.39 is 17.9 Å². The standard InChI is InChI=1S/C24H19FN6O2/c25-17-7-8-21(30-11-10-27-15-30)20(12-17)28-24(33)31-22(18-5-1-2-6-23(18)32)13-19(29-31)16-4-3-9-26-14-16/h1-12,14-15,22,32H,13H2,(H,28,33). The molecule has 0 aliphatic carbocycles. The third-order valence-electron chi connectivity index (χ3n) is 5.39. The van der Waals surface area contributed by atoms with Crippen molar-refractivity contribution in [1.29, 1.82) is 0 Å². The molecule has 1 atom stereocenters. The van der Waals surface area contributed by atoms with Crippen molar-refractivity contribution >= 4 is 17.4 Å². The van der Waals surface area contributed by atoms with Crippen LogP contribution in [0, 0.1) is 5.82 Å². The smallest absolute Gasteiger partial charge is 0.342 e. The first-order chi connectivity index (χ1) is 16.1. The van der Waals surface area contributed by atoms with Crippen LogP contribution in [-0.4, -0.2) is 36.4 Å². The summed E-state index contributed by atoms with van der Waals surface area (Å²) in [6.45, 7) is 0. The van der Waals surface area contributed by atoms with Gasteiger partial charge in [0.25, 0.3) is 0 Å². The zero-order valence-corrected chi connectivity index (χ0v) is 17.3. The van der Waals surface area contributed by atoms with Gasteiger partial charge in [-0.2, -0.15) is 5.10 Å². The number of phenols is 1. The minimum absolute atomic E-state index is 0.0628. The molecular formula is C24H19FN6O2. The summed E-state index contributed by atoms with van der Waals surface area (Å²) in [6.07, 6.45) is 8.56. The molecule has 0 radical (unpaired) electrons. The molecule has 0 saturated heterocycles. The highest BCUT2D eigenvalue weighted by Gasteiger charge is 2.35. The SMILES string of the molecule is O=C(Nc1cc(F)ccc1-n1ccnc1)N1N=C(c2cccnc2)CC1c1ccccc1O. The van der Waals surface area contributed by atoms with E-state index in [2.05, 4.69) is 20.4 Å². The molecule has 2 N–H and O–H groups in total. The average Bonchev–Trinajstić information content (AvgIpc) is 3.51. The molecule has 2 aromatic carbocycles. The third kappa shape index (κ3) is 4.03. The van der Waals surface area contributed by atoms with E-state index in [1.807, 2.05) is 6.07 Å². The molecule has 5 rings (SSSR count). The number of urea groups is 1. The molecule has 0 spiro atoms. The van der Waals surface area contributed by atoms with Crippen molar-refractivity contribution in [1.82, 2.24) is 19.5 Å². The summed E-state index contributed by atoms with van der Waals surface area (Å²) in [5, 5.41) is 19.0. The topological polar surface area (TPSA) is 95.6 Å². The van der Waals surface area contributed by atoms with Gasteiger partial charge in [0, 0.05) is 42.3 Å². The van der Waals surface area contributed by atoms with Gasteiger partial charge in [0.2, 0.25) is 0 Å². The summed E-state index contributed by atoms with van der Waals surface area (Å²) < 4.78 is 15.7. The van der Waals surface area contributed by atoms with Crippen molar-refractivity contribution in [3.63, 3.8) is 0 Å². The van der Waals surface area contributed by atoms with Gasteiger partial charge in [-0.05, 0) is 30.3 Å². The second-order valence-corrected chi connectivity index (χ2v) is 7.47. The number of aromatic hydroxyl groups is 1. The molecule has 3 heterocycles. The van der Waals surface area contributed by atoms with E-state index in [9.17, 15) is 14.3 Å².